The Kier molecular flexibility index (Phi) is 3.15. The van der Waals surface area contributed by atoms with Crippen molar-refractivity contribution < 1.29 is 4.39 Å². The van der Waals surface area contributed by atoms with E-state index in [1.807, 2.05) is 12.1 Å². The van der Waals surface area contributed by atoms with Crippen molar-refractivity contribution in [2.75, 3.05) is 5.32 Å². The molecule has 0 radical (unpaired) electrons. The summed E-state index contributed by atoms with van der Waals surface area (Å²) in [6, 6.07) is 21.0. The molecule has 0 aliphatic carbocycles. The predicted octanol–water partition coefficient (Wildman–Crippen LogP) is 4.59. The number of fused-ring (bicyclic) bond motifs is 1. The SMILES string of the molecule is Fc1ccc(NCc2cccc3ccccc23)cc1. The van der Waals surface area contributed by atoms with Crippen LogP contribution in [0, 0.1) is 5.82 Å². The Balaban J connectivity index is 1.84. The number of benzene rings is 3. The van der Waals surface area contributed by atoms with Crippen LogP contribution in [0.1, 0.15) is 5.56 Å². The molecule has 0 atom stereocenters. The molecule has 0 unspecified atom stereocenters. The van der Waals surface area contributed by atoms with E-state index in [-0.39, 0.29) is 5.82 Å². The van der Waals surface area contributed by atoms with Gasteiger partial charge in [0.05, 0.1) is 0 Å². The van der Waals surface area contributed by atoms with Crippen molar-refractivity contribution in [1.29, 1.82) is 0 Å². The van der Waals surface area contributed by atoms with Gasteiger partial charge in [0.2, 0.25) is 0 Å². The fourth-order valence-corrected chi connectivity index (χ4v) is 2.21. The Morgan fingerprint density at radius 2 is 1.53 bits per heavy atom. The molecule has 1 N–H and O–H groups in total. The minimum atomic E-state index is -0.212. The minimum Gasteiger partial charge on any atom is -0.381 e. The van der Waals surface area contributed by atoms with Crippen molar-refractivity contribution in [2.45, 2.75) is 6.54 Å². The third-order valence-corrected chi connectivity index (χ3v) is 3.21. The first-order valence-electron chi connectivity index (χ1n) is 6.29. The average molecular weight is 251 g/mol. The van der Waals surface area contributed by atoms with Crippen molar-refractivity contribution in [3.05, 3.63) is 78.1 Å². The summed E-state index contributed by atoms with van der Waals surface area (Å²) in [4.78, 5) is 0. The molecule has 0 fully saturated rings. The molecule has 19 heavy (non-hydrogen) atoms. The summed E-state index contributed by atoms with van der Waals surface area (Å²) in [6.07, 6.45) is 0. The molecule has 0 bridgehead atoms. The van der Waals surface area contributed by atoms with Crippen LogP contribution in [-0.4, -0.2) is 0 Å². The summed E-state index contributed by atoms with van der Waals surface area (Å²) in [5.74, 6) is -0.212. The van der Waals surface area contributed by atoms with E-state index in [1.165, 1.54) is 28.5 Å². The summed E-state index contributed by atoms with van der Waals surface area (Å²) in [6.45, 7) is 0.729. The molecule has 0 spiro atoms. The second kappa shape index (κ2) is 5.11. The molecule has 1 nitrogen and oxygen atoms in total. The fraction of sp³-hybridized carbons (Fsp3) is 0.0588. The van der Waals surface area contributed by atoms with E-state index in [9.17, 15) is 4.39 Å². The molecular weight excluding hydrogens is 237 g/mol. The van der Waals surface area contributed by atoms with Gasteiger partial charge in [-0.2, -0.15) is 0 Å². The van der Waals surface area contributed by atoms with Gasteiger partial charge in [-0.15, -0.1) is 0 Å². The molecule has 3 aromatic rings. The fourth-order valence-electron chi connectivity index (χ4n) is 2.21. The number of nitrogens with one attached hydrogen (secondary N) is 1. The lowest BCUT2D eigenvalue weighted by Gasteiger charge is -2.09. The van der Waals surface area contributed by atoms with Gasteiger partial charge in [0, 0.05) is 12.2 Å². The Morgan fingerprint density at radius 1 is 0.789 bits per heavy atom. The predicted molar refractivity (Wildman–Crippen MR) is 77.7 cm³/mol. The molecule has 94 valence electrons. The Bertz CT molecular complexity index is 684. The molecule has 0 saturated carbocycles. The smallest absolute Gasteiger partial charge is 0.123 e. The Morgan fingerprint density at radius 3 is 2.37 bits per heavy atom. The number of rotatable bonds is 3. The standard InChI is InChI=1S/C17H14FN/c18-15-8-10-16(11-9-15)19-12-14-6-3-5-13-4-1-2-7-17(13)14/h1-11,19H,12H2. The molecular formula is C17H14FN. The summed E-state index contributed by atoms with van der Waals surface area (Å²) < 4.78 is 12.8. The molecule has 0 heterocycles. The first kappa shape index (κ1) is 11.7. The quantitative estimate of drug-likeness (QED) is 0.717. The molecule has 0 amide bonds. The van der Waals surface area contributed by atoms with Gasteiger partial charge >= 0.3 is 0 Å². The van der Waals surface area contributed by atoms with Crippen molar-refractivity contribution in [1.82, 2.24) is 0 Å². The topological polar surface area (TPSA) is 12.0 Å². The van der Waals surface area contributed by atoms with Crippen LogP contribution >= 0.6 is 0 Å². The van der Waals surface area contributed by atoms with Gasteiger partial charge in [0.1, 0.15) is 5.82 Å². The van der Waals surface area contributed by atoms with E-state index in [0.29, 0.717) is 0 Å². The molecule has 0 aliphatic heterocycles. The van der Waals surface area contributed by atoms with Gasteiger partial charge in [-0.05, 0) is 40.6 Å². The van der Waals surface area contributed by atoms with Crippen molar-refractivity contribution in [3.63, 3.8) is 0 Å². The first-order chi connectivity index (χ1) is 9.33. The zero-order valence-corrected chi connectivity index (χ0v) is 10.4. The van der Waals surface area contributed by atoms with Crippen LogP contribution in [0.25, 0.3) is 10.8 Å². The Hall–Kier alpha value is -2.35. The molecule has 2 heteroatoms. The van der Waals surface area contributed by atoms with Crippen LogP contribution in [0.3, 0.4) is 0 Å². The largest absolute Gasteiger partial charge is 0.381 e. The Labute approximate surface area is 111 Å². The van der Waals surface area contributed by atoms with Crippen LogP contribution in [0.15, 0.2) is 66.7 Å². The number of hydrogen-bond donors (Lipinski definition) is 1. The highest BCUT2D eigenvalue weighted by molar-refractivity contribution is 5.85. The van der Waals surface area contributed by atoms with E-state index in [1.54, 1.807) is 12.1 Å². The number of halogens is 1. The van der Waals surface area contributed by atoms with Gasteiger partial charge in [-0.3, -0.25) is 0 Å². The third kappa shape index (κ3) is 2.58. The van der Waals surface area contributed by atoms with E-state index >= 15 is 0 Å². The monoisotopic (exact) mass is 251 g/mol. The average Bonchev–Trinajstić information content (AvgIpc) is 2.47. The van der Waals surface area contributed by atoms with Gasteiger partial charge in [-0.25, -0.2) is 4.39 Å². The first-order valence-corrected chi connectivity index (χ1v) is 6.29. The van der Waals surface area contributed by atoms with Gasteiger partial charge in [0.15, 0.2) is 0 Å². The zero-order chi connectivity index (χ0) is 13.1. The highest BCUT2D eigenvalue weighted by Gasteiger charge is 2.00. The summed E-state index contributed by atoms with van der Waals surface area (Å²) >= 11 is 0. The van der Waals surface area contributed by atoms with Crippen LogP contribution in [0.2, 0.25) is 0 Å². The maximum Gasteiger partial charge on any atom is 0.123 e. The molecule has 0 aromatic heterocycles. The van der Waals surface area contributed by atoms with Crippen molar-refractivity contribution in [3.8, 4) is 0 Å². The van der Waals surface area contributed by atoms with E-state index < -0.39 is 0 Å². The number of hydrogen-bond acceptors (Lipinski definition) is 1. The molecule has 3 aromatic carbocycles. The van der Waals surface area contributed by atoms with Crippen molar-refractivity contribution >= 4 is 16.5 Å². The second-order valence-corrected chi connectivity index (χ2v) is 4.50. The highest BCUT2D eigenvalue weighted by atomic mass is 19.1. The maximum atomic E-state index is 12.8. The van der Waals surface area contributed by atoms with Gasteiger partial charge in [-0.1, -0.05) is 42.5 Å². The van der Waals surface area contributed by atoms with Crippen LogP contribution in [0.4, 0.5) is 10.1 Å². The zero-order valence-electron chi connectivity index (χ0n) is 10.4. The summed E-state index contributed by atoms with van der Waals surface area (Å²) in [5, 5.41) is 5.80. The number of anilines is 1. The molecule has 3 rings (SSSR count). The van der Waals surface area contributed by atoms with E-state index in [2.05, 4.69) is 35.6 Å². The van der Waals surface area contributed by atoms with E-state index in [4.69, 9.17) is 0 Å². The van der Waals surface area contributed by atoms with Gasteiger partial charge < -0.3 is 5.32 Å². The normalized spacial score (nSPS) is 10.6. The summed E-state index contributed by atoms with van der Waals surface area (Å²) in [7, 11) is 0. The van der Waals surface area contributed by atoms with Crippen LogP contribution < -0.4 is 5.32 Å². The minimum absolute atomic E-state index is 0.212. The van der Waals surface area contributed by atoms with Crippen molar-refractivity contribution in [2.24, 2.45) is 0 Å². The third-order valence-electron chi connectivity index (χ3n) is 3.21. The van der Waals surface area contributed by atoms with Crippen LogP contribution in [0.5, 0.6) is 0 Å². The summed E-state index contributed by atoms with van der Waals surface area (Å²) in [5.41, 5.74) is 2.16. The second-order valence-electron chi connectivity index (χ2n) is 4.50. The lowest BCUT2D eigenvalue weighted by molar-refractivity contribution is 0.628. The molecule has 0 saturated heterocycles. The highest BCUT2D eigenvalue weighted by Crippen LogP contribution is 2.19. The maximum absolute atomic E-state index is 12.8. The van der Waals surface area contributed by atoms with E-state index in [0.717, 1.165) is 12.2 Å². The molecule has 0 aliphatic rings. The lowest BCUT2D eigenvalue weighted by atomic mass is 10.0. The van der Waals surface area contributed by atoms with Crippen LogP contribution in [-0.2, 0) is 6.54 Å². The lowest BCUT2D eigenvalue weighted by Crippen LogP contribution is -1.99. The van der Waals surface area contributed by atoms with Gasteiger partial charge in [0.25, 0.3) is 0 Å².